The highest BCUT2D eigenvalue weighted by Crippen LogP contribution is 2.65. The third-order valence-electron chi connectivity index (χ3n) is 7.60. The van der Waals surface area contributed by atoms with Gasteiger partial charge in [0, 0.05) is 17.9 Å². The number of carbonyl (C=O) groups excluding carboxylic acids is 1. The highest BCUT2D eigenvalue weighted by atomic mass is 32.2. The van der Waals surface area contributed by atoms with Crippen LogP contribution in [0.25, 0.3) is 0 Å². The van der Waals surface area contributed by atoms with Gasteiger partial charge >= 0.3 is 0 Å². The second-order valence-corrected chi connectivity index (χ2v) is 11.0. The van der Waals surface area contributed by atoms with Gasteiger partial charge in [-0.2, -0.15) is 0 Å². The number of nitrogens with zero attached hydrogens (tertiary/aromatic N) is 2. The van der Waals surface area contributed by atoms with Crippen LogP contribution in [0.2, 0.25) is 0 Å². The first kappa shape index (κ1) is 21.7. The van der Waals surface area contributed by atoms with E-state index in [4.69, 9.17) is 5.14 Å². The molecule has 0 saturated heterocycles. The van der Waals surface area contributed by atoms with Gasteiger partial charge in [-0.25, -0.2) is 23.5 Å². The van der Waals surface area contributed by atoms with Crippen molar-refractivity contribution in [3.63, 3.8) is 0 Å². The molecule has 3 atom stereocenters. The van der Waals surface area contributed by atoms with E-state index in [-0.39, 0.29) is 40.0 Å². The van der Waals surface area contributed by atoms with Crippen molar-refractivity contribution in [3.8, 4) is 0 Å². The molecule has 2 aromatic rings. The van der Waals surface area contributed by atoms with Crippen LogP contribution in [0.4, 0.5) is 11.6 Å². The maximum atomic E-state index is 12.8. The predicted octanol–water partition coefficient (Wildman–Crippen LogP) is 2.74. The first-order valence-electron chi connectivity index (χ1n) is 10.5. The van der Waals surface area contributed by atoms with Crippen LogP contribution in [-0.2, 0) is 21.2 Å². The molecule has 166 valence electrons. The molecular weight excluding hydrogens is 414 g/mol. The van der Waals surface area contributed by atoms with Gasteiger partial charge in [-0.05, 0) is 60.3 Å². The van der Waals surface area contributed by atoms with Crippen molar-refractivity contribution >= 4 is 27.6 Å². The molecule has 2 bridgehead atoms. The van der Waals surface area contributed by atoms with E-state index in [1.54, 1.807) is 24.4 Å². The number of hydrogen-bond donors (Lipinski definition) is 3. The van der Waals surface area contributed by atoms with Crippen molar-refractivity contribution in [3.05, 3.63) is 42.2 Å². The first-order chi connectivity index (χ1) is 14.5. The summed E-state index contributed by atoms with van der Waals surface area (Å²) in [5.74, 6) is 0.895. The van der Waals surface area contributed by atoms with Crippen LogP contribution in [0.1, 0.15) is 45.7 Å². The molecule has 31 heavy (non-hydrogen) atoms. The number of fused-ring (bicyclic) bond motifs is 2. The van der Waals surface area contributed by atoms with Gasteiger partial charge in [0.1, 0.15) is 0 Å². The fourth-order valence-corrected chi connectivity index (χ4v) is 5.83. The van der Waals surface area contributed by atoms with Crippen molar-refractivity contribution in [1.29, 1.82) is 0 Å². The van der Waals surface area contributed by atoms with E-state index in [2.05, 4.69) is 41.4 Å². The Balaban J connectivity index is 1.42. The second kappa shape index (κ2) is 7.56. The van der Waals surface area contributed by atoms with E-state index >= 15 is 0 Å². The van der Waals surface area contributed by atoms with E-state index in [9.17, 15) is 13.2 Å². The minimum Gasteiger partial charge on any atom is -0.352 e. The van der Waals surface area contributed by atoms with Gasteiger partial charge < -0.3 is 10.6 Å². The Hall–Kier alpha value is -2.52. The monoisotopic (exact) mass is 443 g/mol. The Morgan fingerprint density at radius 1 is 1.26 bits per heavy atom. The van der Waals surface area contributed by atoms with E-state index < -0.39 is 10.0 Å². The number of carbonyl (C=O) groups is 1. The summed E-state index contributed by atoms with van der Waals surface area (Å²) in [5.41, 5.74) is 1.44. The number of sulfonamides is 1. The lowest BCUT2D eigenvalue weighted by molar-refractivity contribution is -0.122. The zero-order valence-corrected chi connectivity index (χ0v) is 18.9. The molecule has 1 heterocycles. The molecule has 0 spiro atoms. The number of amides is 1. The van der Waals surface area contributed by atoms with Crippen LogP contribution in [0.15, 0.2) is 41.4 Å². The molecule has 1 aromatic heterocycles. The molecule has 2 saturated carbocycles. The van der Waals surface area contributed by atoms with Gasteiger partial charge in [0.2, 0.25) is 21.9 Å². The molecule has 0 radical (unpaired) electrons. The fraction of sp³-hybridized carbons (Fsp3) is 0.500. The Morgan fingerprint density at radius 2 is 2.03 bits per heavy atom. The lowest BCUT2D eigenvalue weighted by Gasteiger charge is -2.39. The van der Waals surface area contributed by atoms with Crippen LogP contribution in [0.5, 0.6) is 0 Å². The predicted molar refractivity (Wildman–Crippen MR) is 118 cm³/mol. The summed E-state index contributed by atoms with van der Waals surface area (Å²) in [6.07, 6.45) is 5.15. The summed E-state index contributed by atoms with van der Waals surface area (Å²) in [6, 6.07) is 7.99. The van der Waals surface area contributed by atoms with Crippen molar-refractivity contribution in [2.45, 2.75) is 57.4 Å². The smallest absolute Gasteiger partial charge is 0.238 e. The van der Waals surface area contributed by atoms with Crippen molar-refractivity contribution in [1.82, 2.24) is 15.3 Å². The molecule has 0 aliphatic heterocycles. The molecule has 1 amide bonds. The molecule has 1 aromatic carbocycles. The van der Waals surface area contributed by atoms with Gasteiger partial charge in [-0.15, -0.1) is 0 Å². The van der Waals surface area contributed by atoms with E-state index in [1.165, 1.54) is 18.6 Å². The van der Waals surface area contributed by atoms with Crippen LogP contribution in [0, 0.1) is 16.7 Å². The number of primary sulfonamides is 1. The van der Waals surface area contributed by atoms with E-state index in [0.717, 1.165) is 12.8 Å². The number of aromatic nitrogens is 2. The number of anilines is 2. The van der Waals surface area contributed by atoms with Gasteiger partial charge in [0.05, 0.1) is 17.0 Å². The van der Waals surface area contributed by atoms with Gasteiger partial charge in [-0.3, -0.25) is 4.79 Å². The van der Waals surface area contributed by atoms with E-state index in [0.29, 0.717) is 17.3 Å². The zero-order valence-electron chi connectivity index (χ0n) is 18.1. The van der Waals surface area contributed by atoms with Crippen LogP contribution >= 0.6 is 0 Å². The summed E-state index contributed by atoms with van der Waals surface area (Å²) in [5, 5.41) is 11.4. The maximum Gasteiger partial charge on any atom is 0.238 e. The molecule has 2 aliphatic carbocycles. The average Bonchev–Trinajstić information content (AvgIpc) is 3.01. The molecule has 4 N–H and O–H groups in total. The van der Waals surface area contributed by atoms with Gasteiger partial charge in [0.25, 0.3) is 0 Å². The topological polar surface area (TPSA) is 127 Å². The van der Waals surface area contributed by atoms with Crippen molar-refractivity contribution < 1.29 is 13.2 Å². The number of rotatable bonds is 6. The van der Waals surface area contributed by atoms with Crippen molar-refractivity contribution in [2.24, 2.45) is 21.9 Å². The number of nitrogens with two attached hydrogens (primary N) is 1. The largest absolute Gasteiger partial charge is 0.352 e. The van der Waals surface area contributed by atoms with Crippen LogP contribution < -0.4 is 15.8 Å². The summed E-state index contributed by atoms with van der Waals surface area (Å²) < 4.78 is 23.1. The highest BCUT2D eigenvalue weighted by molar-refractivity contribution is 7.89. The normalized spacial score (nSPS) is 26.6. The summed E-state index contributed by atoms with van der Waals surface area (Å²) >= 11 is 0. The third kappa shape index (κ3) is 4.04. The molecule has 4 rings (SSSR count). The molecule has 3 unspecified atom stereocenters. The molecule has 2 aliphatic rings. The lowest BCUT2D eigenvalue weighted by Crippen LogP contribution is -2.47. The fourth-order valence-electron chi connectivity index (χ4n) is 5.27. The van der Waals surface area contributed by atoms with Crippen molar-refractivity contribution in [2.75, 3.05) is 5.32 Å². The maximum absolute atomic E-state index is 12.8. The Morgan fingerprint density at radius 3 is 2.68 bits per heavy atom. The average molecular weight is 444 g/mol. The highest BCUT2D eigenvalue weighted by Gasteiger charge is 2.61. The van der Waals surface area contributed by atoms with Gasteiger partial charge in [-0.1, -0.05) is 26.8 Å². The summed E-state index contributed by atoms with van der Waals surface area (Å²) in [6.45, 7) is 6.95. The SMILES string of the molecule is CC1(C)C2CCC1(C)C(NC(=O)Cc1ccnc(Nc3cccc(S(N)(=O)=O)c3)n1)C2. The second-order valence-electron chi connectivity index (χ2n) is 9.48. The Kier molecular flexibility index (Phi) is 5.29. The van der Waals surface area contributed by atoms with E-state index in [1.807, 2.05) is 0 Å². The Labute approximate surface area is 183 Å². The quantitative estimate of drug-likeness (QED) is 0.630. The number of benzene rings is 1. The third-order valence-corrected chi connectivity index (χ3v) is 8.51. The molecule has 8 nitrogen and oxygen atoms in total. The zero-order chi connectivity index (χ0) is 22.4. The number of hydrogen-bond acceptors (Lipinski definition) is 6. The Bertz CT molecular complexity index is 1120. The van der Waals surface area contributed by atoms with Crippen LogP contribution in [-0.4, -0.2) is 30.3 Å². The minimum absolute atomic E-state index is 0.00434. The molecule has 2 fully saturated rings. The molecular formula is C22H29N5O3S. The number of nitrogens with one attached hydrogen (secondary N) is 2. The standard InChI is InChI=1S/C22H29N5O3S/c1-21(2)14-7-9-22(21,3)18(11-14)27-19(28)13-16-8-10-24-20(26-16)25-15-5-4-6-17(12-15)31(23,29)30/h4-6,8,10,12,14,18H,7,9,11,13H2,1-3H3,(H,27,28)(H2,23,29,30)(H,24,25,26). The lowest BCUT2D eigenvalue weighted by atomic mass is 9.69. The summed E-state index contributed by atoms with van der Waals surface area (Å²) in [4.78, 5) is 21.3. The first-order valence-corrected chi connectivity index (χ1v) is 12.0. The van der Waals surface area contributed by atoms with Gasteiger partial charge in [0.15, 0.2) is 0 Å². The molecule has 9 heteroatoms. The van der Waals surface area contributed by atoms with Crippen LogP contribution in [0.3, 0.4) is 0 Å². The minimum atomic E-state index is -3.80. The summed E-state index contributed by atoms with van der Waals surface area (Å²) in [7, 11) is -3.80.